The van der Waals surface area contributed by atoms with E-state index in [1.54, 1.807) is 6.08 Å². The van der Waals surface area contributed by atoms with E-state index in [1.807, 2.05) is 32.0 Å². The minimum absolute atomic E-state index is 0.0771. The molecule has 0 bridgehead atoms. The van der Waals surface area contributed by atoms with E-state index in [0.717, 1.165) is 48.6 Å². The molecule has 1 aromatic rings. The van der Waals surface area contributed by atoms with Crippen LogP contribution in [0.3, 0.4) is 0 Å². The third kappa shape index (κ3) is 3.72. The molecule has 4 heteroatoms. The smallest absolute Gasteiger partial charge is 0.328 e. The molecular weight excluding hydrogens is 266 g/mol. The lowest BCUT2D eigenvalue weighted by Crippen LogP contribution is -2.30. The number of carboxylic acid groups (broad SMARTS) is 1. The van der Waals surface area contributed by atoms with Gasteiger partial charge in [-0.3, -0.25) is 4.79 Å². The van der Waals surface area contributed by atoms with E-state index in [-0.39, 0.29) is 11.3 Å². The minimum atomic E-state index is -0.971. The van der Waals surface area contributed by atoms with Crippen LogP contribution in [0.15, 0.2) is 24.3 Å². The topological polar surface area (TPSA) is 66.4 Å². The number of amides is 1. The molecule has 1 aliphatic carbocycles. The normalized spacial score (nSPS) is 17.0. The Morgan fingerprint density at radius 2 is 1.95 bits per heavy atom. The molecule has 1 fully saturated rings. The van der Waals surface area contributed by atoms with E-state index in [1.165, 1.54) is 0 Å². The number of anilines is 1. The summed E-state index contributed by atoms with van der Waals surface area (Å²) in [6, 6.07) is 5.50. The summed E-state index contributed by atoms with van der Waals surface area (Å²) < 4.78 is 0. The summed E-state index contributed by atoms with van der Waals surface area (Å²) in [6.07, 6.45) is 6.78. The Morgan fingerprint density at radius 1 is 1.29 bits per heavy atom. The number of rotatable bonds is 4. The Balaban J connectivity index is 2.10. The summed E-state index contributed by atoms with van der Waals surface area (Å²) in [4.78, 5) is 22.9. The maximum absolute atomic E-state index is 12.3. The highest BCUT2D eigenvalue weighted by Crippen LogP contribution is 2.38. The monoisotopic (exact) mass is 287 g/mol. The maximum atomic E-state index is 12.3. The van der Waals surface area contributed by atoms with Gasteiger partial charge in [-0.1, -0.05) is 25.8 Å². The van der Waals surface area contributed by atoms with Gasteiger partial charge in [0, 0.05) is 17.2 Å². The first kappa shape index (κ1) is 15.3. The van der Waals surface area contributed by atoms with Crippen LogP contribution in [0.4, 0.5) is 5.69 Å². The number of carboxylic acids is 1. The molecule has 4 nitrogen and oxygen atoms in total. The molecule has 0 unspecified atom stereocenters. The Labute approximate surface area is 124 Å². The van der Waals surface area contributed by atoms with Crippen LogP contribution in [0.25, 0.3) is 6.08 Å². The van der Waals surface area contributed by atoms with Crippen LogP contribution in [0.5, 0.6) is 0 Å². The Hall–Kier alpha value is -2.10. The van der Waals surface area contributed by atoms with Crippen LogP contribution < -0.4 is 5.32 Å². The first-order valence-corrected chi connectivity index (χ1v) is 7.24. The quantitative estimate of drug-likeness (QED) is 0.831. The van der Waals surface area contributed by atoms with Gasteiger partial charge in [-0.15, -0.1) is 0 Å². The summed E-state index contributed by atoms with van der Waals surface area (Å²) in [5.41, 5.74) is 2.28. The largest absolute Gasteiger partial charge is 0.478 e. The number of nitrogens with one attached hydrogen (secondary N) is 1. The van der Waals surface area contributed by atoms with Crippen LogP contribution in [0.1, 0.15) is 43.7 Å². The van der Waals surface area contributed by atoms with Crippen molar-refractivity contribution in [3.8, 4) is 0 Å². The van der Waals surface area contributed by atoms with Crippen LogP contribution in [-0.2, 0) is 9.59 Å². The van der Waals surface area contributed by atoms with Crippen LogP contribution >= 0.6 is 0 Å². The number of carbonyl (C=O) groups excluding carboxylic acids is 1. The summed E-state index contributed by atoms with van der Waals surface area (Å²) in [5.74, 6) is -0.894. The highest BCUT2D eigenvalue weighted by molar-refractivity contribution is 5.95. The van der Waals surface area contributed by atoms with Gasteiger partial charge in [0.15, 0.2) is 0 Å². The lowest BCUT2D eigenvalue weighted by atomic mass is 9.88. The maximum Gasteiger partial charge on any atom is 0.328 e. The van der Waals surface area contributed by atoms with Crippen LogP contribution in [-0.4, -0.2) is 17.0 Å². The molecule has 112 valence electrons. The fourth-order valence-electron chi connectivity index (χ4n) is 2.77. The lowest BCUT2D eigenvalue weighted by Gasteiger charge is -2.22. The first-order chi connectivity index (χ1) is 9.90. The third-order valence-corrected chi connectivity index (χ3v) is 4.19. The van der Waals surface area contributed by atoms with Gasteiger partial charge in [-0.25, -0.2) is 4.79 Å². The molecule has 1 amide bonds. The number of hydrogen-bond donors (Lipinski definition) is 2. The fraction of sp³-hybridized carbons (Fsp3) is 0.412. The van der Waals surface area contributed by atoms with E-state index in [9.17, 15) is 9.59 Å². The zero-order chi connectivity index (χ0) is 15.5. The van der Waals surface area contributed by atoms with Crippen LogP contribution in [0, 0.1) is 12.3 Å². The van der Waals surface area contributed by atoms with Gasteiger partial charge < -0.3 is 10.4 Å². The molecule has 0 spiro atoms. The van der Waals surface area contributed by atoms with Crippen molar-refractivity contribution in [3.05, 3.63) is 35.4 Å². The molecular formula is C17H21NO3. The molecule has 0 aromatic heterocycles. The van der Waals surface area contributed by atoms with Gasteiger partial charge in [0.05, 0.1) is 0 Å². The van der Waals surface area contributed by atoms with Crippen molar-refractivity contribution in [1.82, 2.24) is 0 Å². The van der Waals surface area contributed by atoms with E-state index in [4.69, 9.17) is 5.11 Å². The zero-order valence-corrected chi connectivity index (χ0v) is 12.5. The van der Waals surface area contributed by atoms with E-state index >= 15 is 0 Å². The molecule has 1 aromatic carbocycles. The highest BCUT2D eigenvalue weighted by atomic mass is 16.4. The first-order valence-electron chi connectivity index (χ1n) is 7.24. The number of hydrogen-bond acceptors (Lipinski definition) is 2. The van der Waals surface area contributed by atoms with E-state index in [2.05, 4.69) is 5.32 Å². The van der Waals surface area contributed by atoms with Gasteiger partial charge in [0.25, 0.3) is 0 Å². The van der Waals surface area contributed by atoms with Crippen molar-refractivity contribution in [2.24, 2.45) is 5.41 Å². The molecule has 0 radical (unpaired) electrons. The Bertz CT molecular complexity index is 584. The van der Waals surface area contributed by atoms with Crippen molar-refractivity contribution in [2.75, 3.05) is 5.32 Å². The van der Waals surface area contributed by atoms with E-state index in [0.29, 0.717) is 0 Å². The molecule has 0 aliphatic heterocycles. The second-order valence-electron chi connectivity index (χ2n) is 5.96. The molecule has 2 N–H and O–H groups in total. The van der Waals surface area contributed by atoms with Crippen molar-refractivity contribution in [1.29, 1.82) is 0 Å². The number of benzene rings is 1. The summed E-state index contributed by atoms with van der Waals surface area (Å²) in [5, 5.41) is 11.6. The predicted octanol–water partition coefficient (Wildman–Crippen LogP) is 3.61. The second-order valence-corrected chi connectivity index (χ2v) is 5.96. The molecule has 0 saturated heterocycles. The SMILES string of the molecule is Cc1cc(NC(=O)C2(C)CCCC2)ccc1/C=C/C(=O)O. The molecule has 0 heterocycles. The van der Waals surface area contributed by atoms with E-state index < -0.39 is 5.97 Å². The number of aryl methyl sites for hydroxylation is 1. The fourth-order valence-corrected chi connectivity index (χ4v) is 2.77. The summed E-state index contributed by atoms with van der Waals surface area (Å²) in [6.45, 7) is 3.92. The number of aliphatic carboxylic acids is 1. The minimum Gasteiger partial charge on any atom is -0.478 e. The van der Waals surface area contributed by atoms with Crippen molar-refractivity contribution >= 4 is 23.6 Å². The molecule has 0 atom stereocenters. The predicted molar refractivity (Wildman–Crippen MR) is 83.1 cm³/mol. The van der Waals surface area contributed by atoms with Gasteiger partial charge >= 0.3 is 5.97 Å². The second kappa shape index (κ2) is 6.12. The van der Waals surface area contributed by atoms with Gasteiger partial charge in [0.2, 0.25) is 5.91 Å². The average molecular weight is 287 g/mol. The zero-order valence-electron chi connectivity index (χ0n) is 12.5. The Morgan fingerprint density at radius 3 is 2.52 bits per heavy atom. The van der Waals surface area contributed by atoms with Gasteiger partial charge in [-0.05, 0) is 49.1 Å². The highest BCUT2D eigenvalue weighted by Gasteiger charge is 2.36. The molecule has 1 saturated carbocycles. The van der Waals surface area contributed by atoms with Gasteiger partial charge in [-0.2, -0.15) is 0 Å². The molecule has 21 heavy (non-hydrogen) atoms. The number of carbonyl (C=O) groups is 2. The standard InChI is InChI=1S/C17H21NO3/c1-12-11-14(7-5-13(12)6-8-15(19)20)18-16(21)17(2)9-3-4-10-17/h5-8,11H,3-4,9-10H2,1-2H3,(H,18,21)(H,19,20)/b8-6+. The van der Waals surface area contributed by atoms with Gasteiger partial charge in [0.1, 0.15) is 0 Å². The van der Waals surface area contributed by atoms with Crippen LogP contribution in [0.2, 0.25) is 0 Å². The third-order valence-electron chi connectivity index (χ3n) is 4.19. The van der Waals surface area contributed by atoms with Crippen molar-refractivity contribution in [2.45, 2.75) is 39.5 Å². The van der Waals surface area contributed by atoms with Crippen molar-refractivity contribution < 1.29 is 14.7 Å². The summed E-state index contributed by atoms with van der Waals surface area (Å²) >= 11 is 0. The Kier molecular flexibility index (Phi) is 4.46. The summed E-state index contributed by atoms with van der Waals surface area (Å²) in [7, 11) is 0. The average Bonchev–Trinajstić information content (AvgIpc) is 2.86. The molecule has 2 rings (SSSR count). The molecule has 1 aliphatic rings. The lowest BCUT2D eigenvalue weighted by molar-refractivity contribution is -0.131. The van der Waals surface area contributed by atoms with Crippen molar-refractivity contribution in [3.63, 3.8) is 0 Å².